The second-order valence-corrected chi connectivity index (χ2v) is 6.12. The summed E-state index contributed by atoms with van der Waals surface area (Å²) in [5, 5.41) is 7.74. The number of hydrogen-bond acceptors (Lipinski definition) is 2. The third-order valence-electron chi connectivity index (χ3n) is 3.68. The maximum absolute atomic E-state index is 7.74. The molecule has 0 atom stereocenters. The second-order valence-electron chi connectivity index (χ2n) is 6.12. The molecule has 0 spiro atoms. The molecule has 3 N–H and O–H groups in total. The van der Waals surface area contributed by atoms with Gasteiger partial charge in [0.1, 0.15) is 5.84 Å². The Bertz CT molecular complexity index is 463. The first kappa shape index (κ1) is 12.9. The number of nitrogen functional groups attached to an aromatic ring is 1. The van der Waals surface area contributed by atoms with Gasteiger partial charge in [0.2, 0.25) is 0 Å². The van der Waals surface area contributed by atoms with Crippen molar-refractivity contribution < 1.29 is 0 Å². The van der Waals surface area contributed by atoms with Crippen molar-refractivity contribution in [3.05, 3.63) is 29.3 Å². The summed E-state index contributed by atoms with van der Waals surface area (Å²) in [4.78, 5) is 2.37. The highest BCUT2D eigenvalue weighted by atomic mass is 15.1. The van der Waals surface area contributed by atoms with E-state index in [9.17, 15) is 0 Å². The fourth-order valence-electron chi connectivity index (χ4n) is 2.77. The van der Waals surface area contributed by atoms with Crippen LogP contribution in [0, 0.1) is 17.7 Å². The number of nitrogens with one attached hydrogen (secondary N) is 1. The molecule has 1 heterocycles. The molecular weight excluding hydrogens is 222 g/mol. The smallest absolute Gasteiger partial charge is 0.124 e. The van der Waals surface area contributed by atoms with Crippen LogP contribution in [0.4, 0.5) is 5.69 Å². The van der Waals surface area contributed by atoms with Crippen LogP contribution in [0.15, 0.2) is 18.2 Å². The standard InChI is InChI=1S/C15H23N3/c1-11-5-6-13(12(9-11)14(16)17)18-8-4-7-15(2,3)10-18/h5-6,9H,4,7-8,10H2,1-3H3,(H3,16,17). The largest absolute Gasteiger partial charge is 0.384 e. The molecule has 0 radical (unpaired) electrons. The molecule has 0 aromatic heterocycles. The Kier molecular flexibility index (Phi) is 3.33. The van der Waals surface area contributed by atoms with Crippen LogP contribution in [0.5, 0.6) is 0 Å². The number of piperidine rings is 1. The van der Waals surface area contributed by atoms with Crippen LogP contribution < -0.4 is 10.6 Å². The van der Waals surface area contributed by atoms with Crippen molar-refractivity contribution in [3.63, 3.8) is 0 Å². The van der Waals surface area contributed by atoms with Crippen molar-refractivity contribution in [2.45, 2.75) is 33.6 Å². The van der Waals surface area contributed by atoms with E-state index >= 15 is 0 Å². The lowest BCUT2D eigenvalue weighted by Crippen LogP contribution is -2.41. The summed E-state index contributed by atoms with van der Waals surface area (Å²) in [6.07, 6.45) is 2.48. The highest BCUT2D eigenvalue weighted by molar-refractivity contribution is 6.00. The Hall–Kier alpha value is -1.51. The summed E-state index contributed by atoms with van der Waals surface area (Å²) in [6, 6.07) is 6.22. The van der Waals surface area contributed by atoms with Gasteiger partial charge in [0, 0.05) is 24.3 Å². The summed E-state index contributed by atoms with van der Waals surface area (Å²) in [7, 11) is 0. The number of rotatable bonds is 2. The molecule has 2 rings (SSSR count). The number of benzene rings is 1. The van der Waals surface area contributed by atoms with Crippen LogP contribution in [0.1, 0.15) is 37.8 Å². The molecule has 18 heavy (non-hydrogen) atoms. The van der Waals surface area contributed by atoms with E-state index in [0.29, 0.717) is 5.41 Å². The zero-order valence-electron chi connectivity index (χ0n) is 11.6. The Morgan fingerprint density at radius 3 is 2.72 bits per heavy atom. The number of nitrogens with two attached hydrogens (primary N) is 1. The first-order valence-corrected chi connectivity index (χ1v) is 6.59. The van der Waals surface area contributed by atoms with Gasteiger partial charge in [-0.2, -0.15) is 0 Å². The van der Waals surface area contributed by atoms with E-state index in [1.165, 1.54) is 12.8 Å². The van der Waals surface area contributed by atoms with Gasteiger partial charge in [-0.15, -0.1) is 0 Å². The molecule has 98 valence electrons. The quantitative estimate of drug-likeness (QED) is 0.622. The van der Waals surface area contributed by atoms with E-state index in [0.717, 1.165) is 29.9 Å². The first-order valence-electron chi connectivity index (χ1n) is 6.59. The average molecular weight is 245 g/mol. The number of amidine groups is 1. The van der Waals surface area contributed by atoms with Crippen LogP contribution in [-0.2, 0) is 0 Å². The minimum absolute atomic E-state index is 0.164. The molecule has 0 amide bonds. The third kappa shape index (κ3) is 2.66. The van der Waals surface area contributed by atoms with Crippen LogP contribution in [0.3, 0.4) is 0 Å². The van der Waals surface area contributed by atoms with E-state index in [-0.39, 0.29) is 5.84 Å². The maximum Gasteiger partial charge on any atom is 0.124 e. The number of hydrogen-bond donors (Lipinski definition) is 2. The molecule has 0 saturated carbocycles. The van der Waals surface area contributed by atoms with Crippen molar-refractivity contribution in [2.24, 2.45) is 11.1 Å². The lowest BCUT2D eigenvalue weighted by atomic mass is 9.83. The molecule has 1 saturated heterocycles. The van der Waals surface area contributed by atoms with Crippen LogP contribution >= 0.6 is 0 Å². The highest BCUT2D eigenvalue weighted by Gasteiger charge is 2.27. The lowest BCUT2D eigenvalue weighted by Gasteiger charge is -2.40. The molecule has 3 nitrogen and oxygen atoms in total. The third-order valence-corrected chi connectivity index (χ3v) is 3.68. The Morgan fingerprint density at radius 2 is 2.11 bits per heavy atom. The zero-order valence-corrected chi connectivity index (χ0v) is 11.6. The topological polar surface area (TPSA) is 53.1 Å². The normalized spacial score (nSPS) is 18.7. The summed E-state index contributed by atoms with van der Waals surface area (Å²) in [6.45, 7) is 8.75. The second kappa shape index (κ2) is 4.63. The minimum atomic E-state index is 0.164. The maximum atomic E-state index is 7.74. The van der Waals surface area contributed by atoms with Gasteiger partial charge in [0.15, 0.2) is 0 Å². The average Bonchev–Trinajstić information content (AvgIpc) is 2.27. The summed E-state index contributed by atoms with van der Waals surface area (Å²) >= 11 is 0. The number of anilines is 1. The lowest BCUT2D eigenvalue weighted by molar-refractivity contribution is 0.293. The van der Waals surface area contributed by atoms with E-state index in [1.807, 2.05) is 13.0 Å². The monoisotopic (exact) mass is 245 g/mol. The fourth-order valence-corrected chi connectivity index (χ4v) is 2.77. The molecule has 1 fully saturated rings. The Balaban J connectivity index is 2.35. The Labute approximate surface area is 109 Å². The van der Waals surface area contributed by atoms with Gasteiger partial charge in [-0.25, -0.2) is 0 Å². The van der Waals surface area contributed by atoms with Crippen molar-refractivity contribution in [3.8, 4) is 0 Å². The van der Waals surface area contributed by atoms with Gasteiger partial charge in [-0.1, -0.05) is 25.5 Å². The summed E-state index contributed by atoms with van der Waals surface area (Å²) in [5.41, 5.74) is 9.19. The minimum Gasteiger partial charge on any atom is -0.384 e. The van der Waals surface area contributed by atoms with Gasteiger partial charge in [0.05, 0.1) is 0 Å². The SMILES string of the molecule is Cc1ccc(N2CCCC(C)(C)C2)c(C(=N)N)c1. The highest BCUT2D eigenvalue weighted by Crippen LogP contribution is 2.33. The molecule has 1 aliphatic rings. The molecule has 1 aliphatic heterocycles. The molecule has 1 aromatic carbocycles. The molecular formula is C15H23N3. The molecule has 3 heteroatoms. The van der Waals surface area contributed by atoms with Gasteiger partial charge in [-0.05, 0) is 37.3 Å². The van der Waals surface area contributed by atoms with E-state index < -0.39 is 0 Å². The van der Waals surface area contributed by atoms with E-state index in [1.54, 1.807) is 0 Å². The van der Waals surface area contributed by atoms with Crippen LogP contribution in [0.2, 0.25) is 0 Å². The van der Waals surface area contributed by atoms with Crippen LogP contribution in [-0.4, -0.2) is 18.9 Å². The predicted octanol–water partition coefficient (Wildman–Crippen LogP) is 2.91. The first-order chi connectivity index (χ1) is 8.39. The number of aryl methyl sites for hydroxylation is 1. The summed E-state index contributed by atoms with van der Waals surface area (Å²) in [5.74, 6) is 0.164. The molecule has 1 aromatic rings. The van der Waals surface area contributed by atoms with Gasteiger partial charge in [0.25, 0.3) is 0 Å². The van der Waals surface area contributed by atoms with Gasteiger partial charge >= 0.3 is 0 Å². The summed E-state index contributed by atoms with van der Waals surface area (Å²) < 4.78 is 0. The molecule has 0 aliphatic carbocycles. The molecule has 0 unspecified atom stereocenters. The van der Waals surface area contributed by atoms with Crippen molar-refractivity contribution in [1.29, 1.82) is 5.41 Å². The van der Waals surface area contributed by atoms with Crippen molar-refractivity contribution in [1.82, 2.24) is 0 Å². The predicted molar refractivity (Wildman–Crippen MR) is 77.4 cm³/mol. The zero-order chi connectivity index (χ0) is 13.3. The van der Waals surface area contributed by atoms with Crippen molar-refractivity contribution in [2.75, 3.05) is 18.0 Å². The van der Waals surface area contributed by atoms with Crippen molar-refractivity contribution >= 4 is 11.5 Å². The molecule has 0 bridgehead atoms. The number of nitrogens with zero attached hydrogens (tertiary/aromatic N) is 1. The van der Waals surface area contributed by atoms with Gasteiger partial charge in [-0.3, -0.25) is 5.41 Å². The van der Waals surface area contributed by atoms with Crippen LogP contribution in [0.25, 0.3) is 0 Å². The Morgan fingerprint density at radius 1 is 1.39 bits per heavy atom. The fraction of sp³-hybridized carbons (Fsp3) is 0.533. The van der Waals surface area contributed by atoms with Gasteiger partial charge < -0.3 is 10.6 Å². The van der Waals surface area contributed by atoms with E-state index in [4.69, 9.17) is 11.1 Å². The van der Waals surface area contributed by atoms with E-state index in [2.05, 4.69) is 30.9 Å².